The average Bonchev–Trinajstić information content (AvgIpc) is 2.59. The molecule has 2 fully saturated rings. The second kappa shape index (κ2) is 3.66. The van der Waals surface area contributed by atoms with E-state index < -0.39 is 0 Å². The SMILES string of the molecule is COC(=O)[C@H]1C[C@H]2CCCC[C@H]2N1. The standard InChI is InChI=1S/C10H17NO2/c1-13-10(12)9-6-7-4-2-3-5-8(7)11-9/h7-9,11H,2-6H2,1H3/t7-,8-,9-/m1/s1. The Morgan fingerprint density at radius 1 is 1.38 bits per heavy atom. The molecule has 0 radical (unpaired) electrons. The number of carbonyl (C=O) groups excluding carboxylic acids is 1. The number of methoxy groups -OCH3 is 1. The minimum atomic E-state index is -0.0885. The summed E-state index contributed by atoms with van der Waals surface area (Å²) >= 11 is 0. The van der Waals surface area contributed by atoms with Gasteiger partial charge >= 0.3 is 5.97 Å². The molecule has 3 nitrogen and oxygen atoms in total. The van der Waals surface area contributed by atoms with Crippen LogP contribution in [0.2, 0.25) is 0 Å². The minimum absolute atomic E-state index is 0.0295. The van der Waals surface area contributed by atoms with Gasteiger partial charge in [-0.05, 0) is 25.2 Å². The number of carbonyl (C=O) groups is 1. The summed E-state index contributed by atoms with van der Waals surface area (Å²) in [6.45, 7) is 0. The van der Waals surface area contributed by atoms with E-state index in [0.717, 1.165) is 12.3 Å². The van der Waals surface area contributed by atoms with Gasteiger partial charge in [0.05, 0.1) is 7.11 Å². The van der Waals surface area contributed by atoms with Gasteiger partial charge in [-0.15, -0.1) is 0 Å². The first-order chi connectivity index (χ1) is 6.31. The lowest BCUT2D eigenvalue weighted by molar-refractivity contribution is -0.142. The monoisotopic (exact) mass is 183 g/mol. The number of fused-ring (bicyclic) bond motifs is 1. The molecule has 1 saturated carbocycles. The Balaban J connectivity index is 1.94. The van der Waals surface area contributed by atoms with Gasteiger partial charge < -0.3 is 10.1 Å². The van der Waals surface area contributed by atoms with Crippen molar-refractivity contribution in [3.8, 4) is 0 Å². The Kier molecular flexibility index (Phi) is 2.54. The third-order valence-electron chi connectivity index (χ3n) is 3.35. The van der Waals surface area contributed by atoms with Crippen LogP contribution in [0, 0.1) is 5.92 Å². The van der Waals surface area contributed by atoms with Gasteiger partial charge in [0, 0.05) is 6.04 Å². The Labute approximate surface area is 78.8 Å². The molecule has 2 rings (SSSR count). The van der Waals surface area contributed by atoms with Crippen LogP contribution in [0.15, 0.2) is 0 Å². The lowest BCUT2D eigenvalue weighted by Crippen LogP contribution is -2.37. The van der Waals surface area contributed by atoms with Crippen LogP contribution in [0.25, 0.3) is 0 Å². The zero-order chi connectivity index (χ0) is 9.26. The molecule has 13 heavy (non-hydrogen) atoms. The van der Waals surface area contributed by atoms with Crippen LogP contribution in [-0.4, -0.2) is 25.2 Å². The van der Waals surface area contributed by atoms with Crippen molar-refractivity contribution in [1.82, 2.24) is 5.32 Å². The summed E-state index contributed by atoms with van der Waals surface area (Å²) in [5, 5.41) is 3.37. The van der Waals surface area contributed by atoms with Crippen LogP contribution < -0.4 is 5.32 Å². The smallest absolute Gasteiger partial charge is 0.322 e. The molecule has 0 spiro atoms. The molecule has 0 amide bonds. The van der Waals surface area contributed by atoms with Crippen LogP contribution in [0.1, 0.15) is 32.1 Å². The maximum Gasteiger partial charge on any atom is 0.322 e. The van der Waals surface area contributed by atoms with Crippen molar-refractivity contribution in [2.24, 2.45) is 5.92 Å². The highest BCUT2D eigenvalue weighted by Gasteiger charge is 2.38. The highest BCUT2D eigenvalue weighted by atomic mass is 16.5. The first-order valence-electron chi connectivity index (χ1n) is 5.15. The molecule has 1 heterocycles. The number of esters is 1. The zero-order valence-corrected chi connectivity index (χ0v) is 8.08. The van der Waals surface area contributed by atoms with Crippen LogP contribution >= 0.6 is 0 Å². The normalized spacial score (nSPS) is 38.4. The largest absolute Gasteiger partial charge is 0.468 e. The fourth-order valence-corrected chi connectivity index (χ4v) is 2.64. The van der Waals surface area contributed by atoms with E-state index in [1.807, 2.05) is 0 Å². The topological polar surface area (TPSA) is 38.3 Å². The van der Waals surface area contributed by atoms with Crippen molar-refractivity contribution in [2.45, 2.75) is 44.2 Å². The fourth-order valence-electron chi connectivity index (χ4n) is 2.64. The van der Waals surface area contributed by atoms with Crippen molar-refractivity contribution in [3.63, 3.8) is 0 Å². The molecular formula is C10H17NO2. The molecular weight excluding hydrogens is 166 g/mol. The predicted octanol–water partition coefficient (Wildman–Crippen LogP) is 1.08. The van der Waals surface area contributed by atoms with Gasteiger partial charge in [0.15, 0.2) is 0 Å². The van der Waals surface area contributed by atoms with Gasteiger partial charge in [0.2, 0.25) is 0 Å². The van der Waals surface area contributed by atoms with Crippen molar-refractivity contribution in [2.75, 3.05) is 7.11 Å². The Morgan fingerprint density at radius 2 is 2.15 bits per heavy atom. The zero-order valence-electron chi connectivity index (χ0n) is 8.08. The molecule has 2 aliphatic rings. The van der Waals surface area contributed by atoms with E-state index in [-0.39, 0.29) is 12.0 Å². The molecule has 3 atom stereocenters. The maximum absolute atomic E-state index is 11.3. The average molecular weight is 183 g/mol. The highest BCUT2D eigenvalue weighted by Crippen LogP contribution is 2.33. The summed E-state index contributed by atoms with van der Waals surface area (Å²) in [4.78, 5) is 11.3. The highest BCUT2D eigenvalue weighted by molar-refractivity contribution is 5.76. The summed E-state index contributed by atoms with van der Waals surface area (Å²) in [7, 11) is 1.46. The number of nitrogens with one attached hydrogen (secondary N) is 1. The molecule has 1 aliphatic heterocycles. The van der Waals surface area contributed by atoms with Crippen LogP contribution in [0.4, 0.5) is 0 Å². The molecule has 0 unspecified atom stereocenters. The van der Waals surface area contributed by atoms with Crippen LogP contribution in [0.5, 0.6) is 0 Å². The van der Waals surface area contributed by atoms with Gasteiger partial charge in [0.1, 0.15) is 6.04 Å². The Morgan fingerprint density at radius 3 is 2.85 bits per heavy atom. The lowest BCUT2D eigenvalue weighted by atomic mass is 9.85. The van der Waals surface area contributed by atoms with Crippen LogP contribution in [0.3, 0.4) is 0 Å². The second-order valence-corrected chi connectivity index (χ2v) is 4.13. The Hall–Kier alpha value is -0.570. The summed E-state index contributed by atoms with van der Waals surface area (Å²) in [6, 6.07) is 0.552. The van der Waals surface area contributed by atoms with E-state index >= 15 is 0 Å². The number of hydrogen-bond acceptors (Lipinski definition) is 3. The minimum Gasteiger partial charge on any atom is -0.468 e. The molecule has 1 aliphatic carbocycles. The van der Waals surface area contributed by atoms with Crippen molar-refractivity contribution < 1.29 is 9.53 Å². The van der Waals surface area contributed by atoms with E-state index in [1.54, 1.807) is 0 Å². The van der Waals surface area contributed by atoms with E-state index in [9.17, 15) is 4.79 Å². The molecule has 0 aromatic carbocycles. The second-order valence-electron chi connectivity index (χ2n) is 4.13. The summed E-state index contributed by atoms with van der Waals surface area (Å²) in [5.41, 5.74) is 0. The quantitative estimate of drug-likeness (QED) is 0.618. The molecule has 1 saturated heterocycles. The Bertz CT molecular complexity index is 191. The van der Waals surface area contributed by atoms with Crippen molar-refractivity contribution >= 4 is 5.97 Å². The van der Waals surface area contributed by atoms with Crippen molar-refractivity contribution in [3.05, 3.63) is 0 Å². The molecule has 3 heteroatoms. The number of rotatable bonds is 1. The van der Waals surface area contributed by atoms with E-state index in [1.165, 1.54) is 32.8 Å². The van der Waals surface area contributed by atoms with Gasteiger partial charge in [-0.25, -0.2) is 0 Å². The maximum atomic E-state index is 11.3. The molecule has 74 valence electrons. The summed E-state index contributed by atoms with van der Waals surface area (Å²) in [6.07, 6.45) is 6.14. The third-order valence-corrected chi connectivity index (χ3v) is 3.35. The van der Waals surface area contributed by atoms with Gasteiger partial charge in [-0.3, -0.25) is 4.79 Å². The number of hydrogen-bond donors (Lipinski definition) is 1. The van der Waals surface area contributed by atoms with Crippen molar-refractivity contribution in [1.29, 1.82) is 0 Å². The lowest BCUT2D eigenvalue weighted by Gasteiger charge is -2.24. The van der Waals surface area contributed by atoms with E-state index in [0.29, 0.717) is 6.04 Å². The van der Waals surface area contributed by atoms with E-state index in [4.69, 9.17) is 4.74 Å². The molecule has 0 bridgehead atoms. The molecule has 1 N–H and O–H groups in total. The molecule has 0 aromatic heterocycles. The van der Waals surface area contributed by atoms with Gasteiger partial charge in [0.25, 0.3) is 0 Å². The first kappa shape index (κ1) is 9.00. The first-order valence-corrected chi connectivity index (χ1v) is 5.15. The van der Waals surface area contributed by atoms with Crippen LogP contribution in [-0.2, 0) is 9.53 Å². The fraction of sp³-hybridized carbons (Fsp3) is 0.900. The van der Waals surface area contributed by atoms with E-state index in [2.05, 4.69) is 5.32 Å². The van der Waals surface area contributed by atoms with Gasteiger partial charge in [-0.1, -0.05) is 12.8 Å². The summed E-state index contributed by atoms with van der Waals surface area (Å²) < 4.78 is 4.74. The summed E-state index contributed by atoms with van der Waals surface area (Å²) in [5.74, 6) is 0.632. The third kappa shape index (κ3) is 1.70. The number of ether oxygens (including phenoxy) is 1. The molecule has 0 aromatic rings. The van der Waals surface area contributed by atoms with Gasteiger partial charge in [-0.2, -0.15) is 0 Å². The predicted molar refractivity (Wildman–Crippen MR) is 49.3 cm³/mol.